The van der Waals surface area contributed by atoms with Gasteiger partial charge in [-0.1, -0.05) is 21.8 Å². The third-order valence-corrected chi connectivity index (χ3v) is 2.37. The number of hydrogen-bond donors (Lipinski definition) is 1. The summed E-state index contributed by atoms with van der Waals surface area (Å²) in [6.45, 7) is 0.400. The molecule has 0 saturated heterocycles. The van der Waals surface area contributed by atoms with E-state index >= 15 is 0 Å². The molecule has 0 unspecified atom stereocenters. The maximum Gasteiger partial charge on any atom is 0.115 e. The molecule has 0 aliphatic carbocycles. The molecule has 1 aromatic carbocycles. The van der Waals surface area contributed by atoms with Crippen molar-refractivity contribution in [1.29, 1.82) is 0 Å². The Morgan fingerprint density at radius 3 is 2.57 bits per heavy atom. The number of aryl methyl sites for hydroxylation is 1. The molecule has 0 atom stereocenters. The number of hydrogen-bond acceptors (Lipinski definition) is 5. The fraction of sp³-hybridized carbons (Fsp3) is 0.333. The highest BCUT2D eigenvalue weighted by Gasteiger charge is 1.92. The van der Waals surface area contributed by atoms with Crippen LogP contribution in [0.3, 0.4) is 0 Å². The largest absolute Gasteiger partial charge is 0.508 e. The topological polar surface area (TPSA) is 46.5 Å². The first kappa shape index (κ1) is 11.4. The zero-order valence-electron chi connectivity index (χ0n) is 7.51. The van der Waals surface area contributed by atoms with Crippen molar-refractivity contribution in [1.82, 2.24) is 0 Å². The van der Waals surface area contributed by atoms with Crippen LogP contribution < -0.4 is 0 Å². The summed E-state index contributed by atoms with van der Waals surface area (Å²) in [5.41, 5.74) is 1.11. The van der Waals surface area contributed by atoms with Gasteiger partial charge in [-0.05, 0) is 30.5 Å². The van der Waals surface area contributed by atoms with Crippen LogP contribution in [0.4, 0.5) is 0 Å². The van der Waals surface area contributed by atoms with E-state index in [1.165, 1.54) is 0 Å². The van der Waals surface area contributed by atoms with Crippen molar-refractivity contribution < 1.29 is 13.5 Å². The standard InChI is InChI=1S/C9H11O3S2/c10-9-5-3-8(4-6-9)2-1-7-12-14(11)13/h3-6,10H,1-2,7H2/q-1. The summed E-state index contributed by atoms with van der Waals surface area (Å²) in [6.07, 6.45) is 1.60. The van der Waals surface area contributed by atoms with Gasteiger partial charge in [-0.3, -0.25) is 0 Å². The second-order valence-electron chi connectivity index (χ2n) is 2.80. The number of phenolic OH excluding ortho intramolecular Hbond substituents is 1. The van der Waals surface area contributed by atoms with Gasteiger partial charge < -0.3 is 13.5 Å². The molecule has 1 N–H and O–H groups in total. The lowest BCUT2D eigenvalue weighted by Gasteiger charge is -2.04. The van der Waals surface area contributed by atoms with Crippen molar-refractivity contribution in [2.45, 2.75) is 12.8 Å². The first-order valence-electron chi connectivity index (χ1n) is 4.19. The molecule has 78 valence electrons. The van der Waals surface area contributed by atoms with Gasteiger partial charge in [0.1, 0.15) is 5.75 Å². The van der Waals surface area contributed by atoms with Gasteiger partial charge in [-0.15, -0.1) is 0 Å². The Hall–Kier alpha value is -0.650. The average molecular weight is 231 g/mol. The second kappa shape index (κ2) is 5.95. The molecular formula is C9H11O3S2-. The summed E-state index contributed by atoms with van der Waals surface area (Å²) in [5.74, 6) is 0.261. The molecule has 0 spiro atoms. The van der Waals surface area contributed by atoms with Gasteiger partial charge in [0.05, 0.1) is 0 Å². The normalized spacial score (nSPS) is 10.6. The fourth-order valence-electron chi connectivity index (χ4n) is 1.07. The zero-order chi connectivity index (χ0) is 10.4. The molecule has 0 bridgehead atoms. The highest BCUT2D eigenvalue weighted by molar-refractivity contribution is 8.19. The summed E-state index contributed by atoms with van der Waals surface area (Å²) in [5, 5.41) is 9.02. The SMILES string of the molecule is O=[S-](=S)OCCCc1ccc(O)cc1. The molecule has 0 amide bonds. The minimum Gasteiger partial charge on any atom is -0.508 e. The summed E-state index contributed by atoms with van der Waals surface area (Å²) in [6, 6.07) is 6.98. The lowest BCUT2D eigenvalue weighted by Crippen LogP contribution is -1.94. The molecule has 1 aromatic rings. The second-order valence-corrected chi connectivity index (χ2v) is 4.26. The predicted molar refractivity (Wildman–Crippen MR) is 57.8 cm³/mol. The van der Waals surface area contributed by atoms with Crippen LogP contribution in [-0.2, 0) is 35.6 Å². The predicted octanol–water partition coefficient (Wildman–Crippen LogP) is 1.68. The first-order valence-corrected chi connectivity index (χ1v) is 6.19. The quantitative estimate of drug-likeness (QED) is 0.618. The Kier molecular flexibility index (Phi) is 4.86. The Labute approximate surface area is 89.6 Å². The van der Waals surface area contributed by atoms with Gasteiger partial charge in [0, 0.05) is 6.61 Å². The van der Waals surface area contributed by atoms with E-state index in [0.717, 1.165) is 18.4 Å². The van der Waals surface area contributed by atoms with Crippen LogP contribution in [0.25, 0.3) is 0 Å². The molecule has 0 aliphatic rings. The van der Waals surface area contributed by atoms with Crippen molar-refractivity contribution >= 4 is 20.8 Å². The van der Waals surface area contributed by atoms with E-state index in [9.17, 15) is 4.21 Å². The van der Waals surface area contributed by atoms with E-state index in [2.05, 4.69) is 11.2 Å². The van der Waals surface area contributed by atoms with Crippen LogP contribution in [-0.4, -0.2) is 11.7 Å². The Morgan fingerprint density at radius 1 is 1.36 bits per heavy atom. The van der Waals surface area contributed by atoms with Crippen LogP contribution in [0.1, 0.15) is 12.0 Å². The molecule has 0 aromatic heterocycles. The number of rotatable bonds is 5. The lowest BCUT2D eigenvalue weighted by atomic mass is 10.1. The highest BCUT2D eigenvalue weighted by atomic mass is 32.8. The molecule has 1 rings (SSSR count). The minimum atomic E-state index is -1.58. The monoisotopic (exact) mass is 231 g/mol. The average Bonchev–Trinajstić information content (AvgIpc) is 2.15. The Bertz CT molecular complexity index is 336. The van der Waals surface area contributed by atoms with Gasteiger partial charge in [-0.2, -0.15) is 0 Å². The van der Waals surface area contributed by atoms with Crippen LogP contribution in [0.2, 0.25) is 0 Å². The van der Waals surface area contributed by atoms with Gasteiger partial charge in [0.15, 0.2) is 0 Å². The third-order valence-electron chi connectivity index (χ3n) is 1.73. The van der Waals surface area contributed by atoms with Crippen molar-refractivity contribution in [2.24, 2.45) is 0 Å². The summed E-state index contributed by atoms with van der Waals surface area (Å²) >= 11 is 4.34. The highest BCUT2D eigenvalue weighted by Crippen LogP contribution is 2.10. The lowest BCUT2D eigenvalue weighted by molar-refractivity contribution is 0.343. The molecule has 0 heterocycles. The molecule has 5 heteroatoms. The Balaban J connectivity index is 2.28. The van der Waals surface area contributed by atoms with Crippen LogP contribution in [0.5, 0.6) is 5.75 Å². The number of phenols is 1. The Morgan fingerprint density at radius 2 is 2.00 bits per heavy atom. The molecule has 0 saturated carbocycles. The molecule has 14 heavy (non-hydrogen) atoms. The molecule has 3 nitrogen and oxygen atoms in total. The van der Waals surface area contributed by atoms with E-state index < -0.39 is 9.64 Å². The van der Waals surface area contributed by atoms with E-state index in [-0.39, 0.29) is 5.75 Å². The van der Waals surface area contributed by atoms with E-state index in [0.29, 0.717) is 6.61 Å². The maximum atomic E-state index is 10.4. The molecular weight excluding hydrogens is 220 g/mol. The number of benzene rings is 1. The smallest absolute Gasteiger partial charge is 0.115 e. The van der Waals surface area contributed by atoms with Crippen molar-refractivity contribution in [3.63, 3.8) is 0 Å². The first-order chi connectivity index (χ1) is 6.68. The van der Waals surface area contributed by atoms with E-state index in [1.54, 1.807) is 12.1 Å². The summed E-state index contributed by atoms with van der Waals surface area (Å²) in [4.78, 5) is 0. The van der Waals surface area contributed by atoms with E-state index in [4.69, 9.17) is 9.29 Å². The minimum absolute atomic E-state index is 0.261. The van der Waals surface area contributed by atoms with Crippen LogP contribution >= 0.6 is 0 Å². The summed E-state index contributed by atoms with van der Waals surface area (Å²) < 4.78 is 15.1. The van der Waals surface area contributed by atoms with Crippen LogP contribution in [0.15, 0.2) is 24.3 Å². The van der Waals surface area contributed by atoms with Crippen molar-refractivity contribution in [3.8, 4) is 5.75 Å². The number of aromatic hydroxyl groups is 1. The zero-order valence-corrected chi connectivity index (χ0v) is 9.14. The van der Waals surface area contributed by atoms with Crippen molar-refractivity contribution in [2.75, 3.05) is 6.61 Å². The van der Waals surface area contributed by atoms with Gasteiger partial charge in [-0.25, -0.2) is 11.2 Å². The third kappa shape index (κ3) is 4.55. The molecule has 0 aliphatic heterocycles. The maximum absolute atomic E-state index is 10.4. The molecule has 0 radical (unpaired) electrons. The van der Waals surface area contributed by atoms with Gasteiger partial charge in [0.25, 0.3) is 0 Å². The molecule has 0 fully saturated rings. The van der Waals surface area contributed by atoms with Gasteiger partial charge >= 0.3 is 0 Å². The van der Waals surface area contributed by atoms with E-state index in [1.807, 2.05) is 12.1 Å². The fourth-order valence-corrected chi connectivity index (χ4v) is 1.52. The summed E-state index contributed by atoms with van der Waals surface area (Å²) in [7, 11) is -1.58. The van der Waals surface area contributed by atoms with Crippen LogP contribution in [0, 0.1) is 0 Å². The van der Waals surface area contributed by atoms with Crippen molar-refractivity contribution in [3.05, 3.63) is 29.8 Å². The van der Waals surface area contributed by atoms with Gasteiger partial charge in [0.2, 0.25) is 0 Å².